The predicted molar refractivity (Wildman–Crippen MR) is 143 cm³/mol. The summed E-state index contributed by atoms with van der Waals surface area (Å²) in [5, 5.41) is 5.80. The van der Waals surface area contributed by atoms with Gasteiger partial charge in [-0.15, -0.1) is 11.3 Å². The van der Waals surface area contributed by atoms with Crippen LogP contribution >= 0.6 is 11.3 Å². The van der Waals surface area contributed by atoms with Gasteiger partial charge in [-0.1, -0.05) is 13.0 Å². The summed E-state index contributed by atoms with van der Waals surface area (Å²) in [5.74, 6) is 1.55. The molecule has 1 N–H and O–H groups in total. The summed E-state index contributed by atoms with van der Waals surface area (Å²) < 4.78 is 11.2. The third-order valence-electron chi connectivity index (χ3n) is 6.87. The quantitative estimate of drug-likeness (QED) is 0.568. The number of carbonyl (C=O) groups excluding carboxylic acids is 2. The zero-order valence-corrected chi connectivity index (χ0v) is 22.4. The molecule has 0 bridgehead atoms. The van der Waals surface area contributed by atoms with E-state index in [1.54, 1.807) is 14.2 Å². The lowest BCUT2D eigenvalue weighted by atomic mass is 9.94. The number of hydrogen-bond acceptors (Lipinski definition) is 5. The number of thiophene rings is 1. The van der Waals surface area contributed by atoms with Crippen molar-refractivity contribution in [3.05, 3.63) is 52.5 Å². The second-order valence-corrected chi connectivity index (χ2v) is 10.1. The zero-order chi connectivity index (χ0) is 25.7. The Bertz CT molecular complexity index is 1100. The Balaban J connectivity index is 1.63. The molecular formula is C27H36N4O4S. The fourth-order valence-electron chi connectivity index (χ4n) is 5.05. The van der Waals surface area contributed by atoms with E-state index in [-0.39, 0.29) is 18.0 Å². The van der Waals surface area contributed by atoms with Crippen molar-refractivity contribution < 1.29 is 19.1 Å². The third-order valence-corrected chi connectivity index (χ3v) is 7.65. The lowest BCUT2D eigenvalue weighted by Gasteiger charge is -2.31. The third kappa shape index (κ3) is 5.61. The second-order valence-electron chi connectivity index (χ2n) is 9.15. The van der Waals surface area contributed by atoms with Crippen LogP contribution in [-0.4, -0.2) is 67.2 Å². The van der Waals surface area contributed by atoms with Crippen molar-refractivity contribution in [3.8, 4) is 11.5 Å². The standard InChI is InChI=1S/C27H36N4O4S/c1-5-29-12-8-13-30(26(32)28-24-10-7-14-36-24)11-6-9-21-15-19(2)25-20(18-31(21)27(29)33)16-22(34-3)17-23(25)35-4/h7,10,14-17,19H,5-6,8-9,11-13,18H2,1-4H3,(H,28,32). The Morgan fingerprint density at radius 3 is 2.67 bits per heavy atom. The Labute approximate surface area is 217 Å². The van der Waals surface area contributed by atoms with Gasteiger partial charge in [0.1, 0.15) is 11.5 Å². The van der Waals surface area contributed by atoms with Crippen molar-refractivity contribution in [2.45, 2.75) is 45.6 Å². The molecule has 1 aromatic heterocycles. The van der Waals surface area contributed by atoms with E-state index in [4.69, 9.17) is 9.47 Å². The molecule has 1 atom stereocenters. The van der Waals surface area contributed by atoms with Gasteiger partial charge >= 0.3 is 12.1 Å². The van der Waals surface area contributed by atoms with E-state index in [0.717, 1.165) is 40.4 Å². The lowest BCUT2D eigenvalue weighted by Crippen LogP contribution is -2.43. The lowest BCUT2D eigenvalue weighted by molar-refractivity contribution is 0.163. The molecular weight excluding hydrogens is 476 g/mol. The first-order chi connectivity index (χ1) is 17.4. The molecule has 2 aliphatic heterocycles. The fraction of sp³-hybridized carbons (Fsp3) is 0.481. The summed E-state index contributed by atoms with van der Waals surface area (Å²) >= 11 is 1.51. The summed E-state index contributed by atoms with van der Waals surface area (Å²) in [4.78, 5) is 32.5. The maximum Gasteiger partial charge on any atom is 0.324 e. The number of benzene rings is 1. The average molecular weight is 513 g/mol. The molecule has 0 spiro atoms. The van der Waals surface area contributed by atoms with Crippen molar-refractivity contribution in [3.63, 3.8) is 0 Å². The van der Waals surface area contributed by atoms with Gasteiger partial charge in [-0.05, 0) is 55.3 Å². The number of amides is 4. The summed E-state index contributed by atoms with van der Waals surface area (Å²) in [7, 11) is 3.31. The van der Waals surface area contributed by atoms with Crippen molar-refractivity contribution in [2.75, 3.05) is 45.7 Å². The van der Waals surface area contributed by atoms with Crippen LogP contribution in [0, 0.1) is 0 Å². The van der Waals surface area contributed by atoms with Crippen molar-refractivity contribution in [1.82, 2.24) is 14.7 Å². The number of nitrogens with one attached hydrogen (secondary N) is 1. The van der Waals surface area contributed by atoms with Gasteiger partial charge in [0.25, 0.3) is 0 Å². The van der Waals surface area contributed by atoms with Gasteiger partial charge in [-0.25, -0.2) is 9.59 Å². The maximum absolute atomic E-state index is 13.8. The summed E-state index contributed by atoms with van der Waals surface area (Å²) in [6, 6.07) is 7.66. The van der Waals surface area contributed by atoms with Crippen LogP contribution in [0.15, 0.2) is 41.4 Å². The smallest absolute Gasteiger partial charge is 0.324 e. The second kappa shape index (κ2) is 11.7. The summed E-state index contributed by atoms with van der Waals surface area (Å²) in [5.41, 5.74) is 3.10. The molecule has 1 fully saturated rings. The molecule has 36 heavy (non-hydrogen) atoms. The number of fused-ring (bicyclic) bond motifs is 2. The molecule has 4 rings (SSSR count). The highest BCUT2D eigenvalue weighted by Crippen LogP contribution is 2.39. The maximum atomic E-state index is 13.8. The molecule has 1 saturated heterocycles. The Morgan fingerprint density at radius 2 is 1.97 bits per heavy atom. The minimum Gasteiger partial charge on any atom is -0.497 e. The van der Waals surface area contributed by atoms with Gasteiger partial charge in [0.05, 0.1) is 25.8 Å². The van der Waals surface area contributed by atoms with Crippen LogP contribution in [-0.2, 0) is 6.54 Å². The first-order valence-electron chi connectivity index (χ1n) is 12.6. The highest BCUT2D eigenvalue weighted by molar-refractivity contribution is 7.14. The molecule has 4 amide bonds. The van der Waals surface area contributed by atoms with Crippen LogP contribution in [0.2, 0.25) is 0 Å². The Morgan fingerprint density at radius 1 is 1.17 bits per heavy atom. The average Bonchev–Trinajstić information content (AvgIpc) is 3.33. The number of allylic oxidation sites excluding steroid dienone is 2. The number of ether oxygens (including phenoxy) is 2. The zero-order valence-electron chi connectivity index (χ0n) is 21.6. The summed E-state index contributed by atoms with van der Waals surface area (Å²) in [6.45, 7) is 7.02. The normalized spacial score (nSPS) is 18.9. The fourth-order valence-corrected chi connectivity index (χ4v) is 5.65. The molecule has 9 heteroatoms. The monoisotopic (exact) mass is 512 g/mol. The van der Waals surface area contributed by atoms with Gasteiger partial charge in [0.15, 0.2) is 0 Å². The predicted octanol–water partition coefficient (Wildman–Crippen LogP) is 5.73. The SMILES string of the molecule is CCN1CCCN(C(=O)Nc2cccs2)CCCC2=CC(C)c3c(cc(OC)cc3OC)CN2C1=O. The summed E-state index contributed by atoms with van der Waals surface area (Å²) in [6.07, 6.45) is 4.37. The number of nitrogens with zero attached hydrogens (tertiary/aromatic N) is 3. The number of hydrogen-bond donors (Lipinski definition) is 1. The van der Waals surface area contributed by atoms with Crippen LogP contribution in [0.5, 0.6) is 11.5 Å². The van der Waals surface area contributed by atoms with E-state index in [2.05, 4.69) is 18.3 Å². The van der Waals surface area contributed by atoms with Gasteiger partial charge in [-0.2, -0.15) is 0 Å². The highest BCUT2D eigenvalue weighted by atomic mass is 32.1. The number of methoxy groups -OCH3 is 2. The van der Waals surface area contributed by atoms with Crippen LogP contribution in [0.4, 0.5) is 14.6 Å². The van der Waals surface area contributed by atoms with Gasteiger partial charge in [0, 0.05) is 49.4 Å². The molecule has 0 radical (unpaired) electrons. The van der Waals surface area contributed by atoms with E-state index in [1.165, 1.54) is 11.3 Å². The number of carbonyl (C=O) groups is 2. The number of rotatable bonds is 4. The Kier molecular flexibility index (Phi) is 8.40. The van der Waals surface area contributed by atoms with Crippen LogP contribution in [0.1, 0.15) is 50.2 Å². The molecule has 1 aromatic carbocycles. The first-order valence-corrected chi connectivity index (χ1v) is 13.4. The first kappa shape index (κ1) is 25.9. The molecule has 2 aliphatic rings. The minimum absolute atomic E-state index is 0.00192. The van der Waals surface area contributed by atoms with Gasteiger partial charge in [-0.3, -0.25) is 10.2 Å². The minimum atomic E-state index is -0.0876. The molecule has 194 valence electrons. The van der Waals surface area contributed by atoms with Crippen molar-refractivity contribution >= 4 is 28.4 Å². The van der Waals surface area contributed by atoms with Gasteiger partial charge < -0.3 is 19.3 Å². The van der Waals surface area contributed by atoms with Gasteiger partial charge in [0.2, 0.25) is 0 Å². The van der Waals surface area contributed by atoms with E-state index < -0.39 is 0 Å². The molecule has 0 aliphatic carbocycles. The topological polar surface area (TPSA) is 74.4 Å². The van der Waals surface area contributed by atoms with Crippen molar-refractivity contribution in [2.24, 2.45) is 0 Å². The molecule has 3 heterocycles. The molecule has 8 nitrogen and oxygen atoms in total. The van der Waals surface area contributed by atoms with E-state index in [1.807, 2.05) is 51.3 Å². The van der Waals surface area contributed by atoms with Crippen LogP contribution < -0.4 is 14.8 Å². The van der Waals surface area contributed by atoms with Crippen molar-refractivity contribution in [1.29, 1.82) is 0 Å². The van der Waals surface area contributed by atoms with E-state index in [9.17, 15) is 9.59 Å². The largest absolute Gasteiger partial charge is 0.497 e. The van der Waals surface area contributed by atoms with Crippen LogP contribution in [0.3, 0.4) is 0 Å². The number of anilines is 1. The van der Waals surface area contributed by atoms with E-state index >= 15 is 0 Å². The number of urea groups is 2. The van der Waals surface area contributed by atoms with Crippen LogP contribution in [0.25, 0.3) is 0 Å². The highest BCUT2D eigenvalue weighted by Gasteiger charge is 2.30. The Hall–Kier alpha value is -3.20. The molecule has 0 saturated carbocycles. The molecule has 2 aromatic rings. The molecule has 1 unspecified atom stereocenters. The van der Waals surface area contributed by atoms with E-state index in [0.29, 0.717) is 44.9 Å².